The van der Waals surface area contributed by atoms with Gasteiger partial charge in [0.1, 0.15) is 0 Å². The lowest BCUT2D eigenvalue weighted by molar-refractivity contribution is -0.112. The number of allylic oxidation sites excluding steroid dienone is 1. The van der Waals surface area contributed by atoms with Crippen LogP contribution in [0.2, 0.25) is 0 Å². The average Bonchev–Trinajstić information content (AvgIpc) is 1.85. The van der Waals surface area contributed by atoms with Gasteiger partial charge in [-0.05, 0) is 13.0 Å². The highest BCUT2D eigenvalue weighted by molar-refractivity contribution is 5.87. The lowest BCUT2D eigenvalue weighted by atomic mass is 9.94. The molecule has 0 radical (unpaired) electrons. The molecule has 0 aliphatic rings. The van der Waals surface area contributed by atoms with E-state index in [9.17, 15) is 4.79 Å². The quantitative estimate of drug-likeness (QED) is 0.600. The summed E-state index contributed by atoms with van der Waals surface area (Å²) in [7, 11) is 0. The molecule has 10 heavy (non-hydrogen) atoms. The number of ketones is 1. The van der Waals surface area contributed by atoms with Crippen LogP contribution in [0.1, 0.15) is 20.8 Å². The molecule has 0 unspecified atom stereocenters. The molecule has 0 saturated carbocycles. The number of aliphatic hydroxyl groups excluding tert-OH is 1. The molecule has 0 saturated heterocycles. The van der Waals surface area contributed by atoms with Crippen molar-refractivity contribution >= 4 is 5.78 Å². The van der Waals surface area contributed by atoms with Crippen molar-refractivity contribution in [3.8, 4) is 0 Å². The molecule has 0 fully saturated rings. The molecule has 0 aliphatic heterocycles. The van der Waals surface area contributed by atoms with E-state index >= 15 is 0 Å². The van der Waals surface area contributed by atoms with Crippen LogP contribution in [0, 0.1) is 5.41 Å². The maximum Gasteiger partial charge on any atom is 0.152 e. The summed E-state index contributed by atoms with van der Waals surface area (Å²) in [5.74, 6) is 0.0153. The van der Waals surface area contributed by atoms with Gasteiger partial charge < -0.3 is 5.11 Å². The zero-order valence-electron chi connectivity index (χ0n) is 6.72. The largest absolute Gasteiger partial charge is 0.395 e. The van der Waals surface area contributed by atoms with Crippen LogP contribution in [0.5, 0.6) is 0 Å². The topological polar surface area (TPSA) is 37.3 Å². The minimum atomic E-state index is -0.272. The zero-order valence-corrected chi connectivity index (χ0v) is 6.72. The monoisotopic (exact) mass is 142 g/mol. The summed E-state index contributed by atoms with van der Waals surface area (Å²) in [6.45, 7) is 5.29. The highest BCUT2D eigenvalue weighted by Gasteiger charge is 2.10. The zero-order chi connectivity index (χ0) is 8.20. The molecule has 2 nitrogen and oxygen atoms in total. The minimum Gasteiger partial charge on any atom is -0.395 e. The van der Waals surface area contributed by atoms with E-state index in [0.717, 1.165) is 0 Å². The van der Waals surface area contributed by atoms with Gasteiger partial charge >= 0.3 is 0 Å². The van der Waals surface area contributed by atoms with Gasteiger partial charge in [-0.1, -0.05) is 19.9 Å². The molecule has 0 atom stereocenters. The third kappa shape index (κ3) is 4.27. The lowest BCUT2D eigenvalue weighted by Crippen LogP contribution is -2.12. The number of hydrogen-bond donors (Lipinski definition) is 1. The molecule has 0 spiro atoms. The molecule has 0 aromatic heterocycles. The molecule has 0 aromatic rings. The van der Waals surface area contributed by atoms with Gasteiger partial charge in [0.2, 0.25) is 0 Å². The van der Waals surface area contributed by atoms with Gasteiger partial charge in [0.25, 0.3) is 0 Å². The van der Waals surface area contributed by atoms with Crippen LogP contribution in [-0.2, 0) is 4.79 Å². The van der Waals surface area contributed by atoms with E-state index in [1.54, 1.807) is 6.08 Å². The molecule has 58 valence electrons. The summed E-state index contributed by atoms with van der Waals surface area (Å²) in [4.78, 5) is 10.4. The average molecular weight is 142 g/mol. The summed E-state index contributed by atoms with van der Waals surface area (Å²) in [5.41, 5.74) is -0.272. The van der Waals surface area contributed by atoms with Crippen molar-refractivity contribution in [3.05, 3.63) is 12.2 Å². The third-order valence-electron chi connectivity index (χ3n) is 1.18. The molecule has 0 amide bonds. The smallest absolute Gasteiger partial charge is 0.152 e. The Morgan fingerprint density at radius 2 is 2.10 bits per heavy atom. The van der Waals surface area contributed by atoms with E-state index in [4.69, 9.17) is 5.11 Å². The Hall–Kier alpha value is -0.630. The van der Waals surface area contributed by atoms with Crippen LogP contribution in [0.4, 0.5) is 0 Å². The van der Waals surface area contributed by atoms with Gasteiger partial charge in [-0.25, -0.2) is 0 Å². The first kappa shape index (κ1) is 9.37. The fourth-order valence-electron chi connectivity index (χ4n) is 0.396. The van der Waals surface area contributed by atoms with Crippen LogP contribution in [0.15, 0.2) is 12.2 Å². The van der Waals surface area contributed by atoms with Crippen molar-refractivity contribution in [2.24, 2.45) is 5.41 Å². The molecule has 1 N–H and O–H groups in total. The van der Waals surface area contributed by atoms with Crippen LogP contribution >= 0.6 is 0 Å². The van der Waals surface area contributed by atoms with E-state index in [1.165, 1.54) is 13.0 Å². The van der Waals surface area contributed by atoms with Crippen molar-refractivity contribution in [1.82, 2.24) is 0 Å². The molecular weight excluding hydrogens is 128 g/mol. The molecule has 2 heteroatoms. The Kier molecular flexibility index (Phi) is 3.30. The van der Waals surface area contributed by atoms with Gasteiger partial charge in [-0.2, -0.15) is 0 Å². The standard InChI is InChI=1S/C8H14O2/c1-7(10)4-5-8(2,3)6-9/h4-5,9H,6H2,1-3H3/b5-4+. The van der Waals surface area contributed by atoms with Gasteiger partial charge in [0.15, 0.2) is 5.78 Å². The van der Waals surface area contributed by atoms with Crippen LogP contribution < -0.4 is 0 Å². The second-order valence-corrected chi connectivity index (χ2v) is 3.09. The molecule has 0 rings (SSSR count). The van der Waals surface area contributed by atoms with Crippen LogP contribution in [0.3, 0.4) is 0 Å². The second-order valence-electron chi connectivity index (χ2n) is 3.09. The predicted molar refractivity (Wildman–Crippen MR) is 40.7 cm³/mol. The Morgan fingerprint density at radius 3 is 2.40 bits per heavy atom. The maximum absolute atomic E-state index is 10.4. The van der Waals surface area contributed by atoms with Gasteiger partial charge in [0, 0.05) is 5.41 Å². The molecule has 0 bridgehead atoms. The fraction of sp³-hybridized carbons (Fsp3) is 0.625. The number of hydrogen-bond acceptors (Lipinski definition) is 2. The van der Waals surface area contributed by atoms with Gasteiger partial charge in [-0.15, -0.1) is 0 Å². The number of carbonyl (C=O) groups is 1. The number of aliphatic hydroxyl groups is 1. The molecule has 0 aliphatic carbocycles. The molecule has 0 heterocycles. The first-order valence-corrected chi connectivity index (χ1v) is 3.28. The third-order valence-corrected chi connectivity index (χ3v) is 1.18. The first-order valence-electron chi connectivity index (χ1n) is 3.28. The Balaban J connectivity index is 3.99. The molecule has 0 aromatic carbocycles. The van der Waals surface area contributed by atoms with E-state index in [0.29, 0.717) is 0 Å². The summed E-state index contributed by atoms with van der Waals surface area (Å²) in [6, 6.07) is 0. The number of carbonyl (C=O) groups excluding carboxylic acids is 1. The van der Waals surface area contributed by atoms with E-state index in [1.807, 2.05) is 13.8 Å². The summed E-state index contributed by atoms with van der Waals surface area (Å²) >= 11 is 0. The van der Waals surface area contributed by atoms with Crippen LogP contribution in [0.25, 0.3) is 0 Å². The summed E-state index contributed by atoms with van der Waals surface area (Å²) in [6.07, 6.45) is 3.20. The summed E-state index contributed by atoms with van der Waals surface area (Å²) in [5, 5.41) is 8.74. The van der Waals surface area contributed by atoms with Crippen molar-refractivity contribution in [1.29, 1.82) is 0 Å². The van der Waals surface area contributed by atoms with E-state index in [-0.39, 0.29) is 17.8 Å². The SMILES string of the molecule is CC(=O)/C=C/C(C)(C)CO. The molecular formula is C8H14O2. The van der Waals surface area contributed by atoms with Gasteiger partial charge in [-0.3, -0.25) is 4.79 Å². The predicted octanol–water partition coefficient (Wildman–Crippen LogP) is 1.15. The number of rotatable bonds is 3. The van der Waals surface area contributed by atoms with Crippen molar-refractivity contribution in [2.45, 2.75) is 20.8 Å². The Labute approximate surface area is 61.6 Å². The fourth-order valence-corrected chi connectivity index (χ4v) is 0.396. The Morgan fingerprint density at radius 1 is 1.60 bits per heavy atom. The van der Waals surface area contributed by atoms with Crippen molar-refractivity contribution in [2.75, 3.05) is 6.61 Å². The van der Waals surface area contributed by atoms with E-state index < -0.39 is 0 Å². The van der Waals surface area contributed by atoms with E-state index in [2.05, 4.69) is 0 Å². The van der Waals surface area contributed by atoms with Crippen LogP contribution in [-0.4, -0.2) is 17.5 Å². The minimum absolute atomic E-state index is 0.0153. The first-order chi connectivity index (χ1) is 4.48. The highest BCUT2D eigenvalue weighted by atomic mass is 16.3. The Bertz CT molecular complexity index is 145. The normalized spacial score (nSPS) is 12.4. The van der Waals surface area contributed by atoms with Crippen molar-refractivity contribution < 1.29 is 9.90 Å². The van der Waals surface area contributed by atoms with Gasteiger partial charge in [0.05, 0.1) is 6.61 Å². The highest BCUT2D eigenvalue weighted by Crippen LogP contribution is 2.14. The summed E-state index contributed by atoms with van der Waals surface area (Å²) < 4.78 is 0. The second kappa shape index (κ2) is 3.52. The van der Waals surface area contributed by atoms with Crippen molar-refractivity contribution in [3.63, 3.8) is 0 Å². The maximum atomic E-state index is 10.4. The lowest BCUT2D eigenvalue weighted by Gasteiger charge is -2.14.